The van der Waals surface area contributed by atoms with Crippen LogP contribution < -0.4 is 10.1 Å². The number of para-hydroxylation sites is 2. The van der Waals surface area contributed by atoms with E-state index in [-0.39, 0.29) is 0 Å². The zero-order valence-electron chi connectivity index (χ0n) is 12.5. The van der Waals surface area contributed by atoms with Crippen LogP contribution >= 0.6 is 23.2 Å². The first-order valence-corrected chi connectivity index (χ1v) is 7.60. The van der Waals surface area contributed by atoms with E-state index in [2.05, 4.69) is 15.4 Å². The van der Waals surface area contributed by atoms with Crippen molar-refractivity contribution in [2.24, 2.45) is 7.05 Å². The van der Waals surface area contributed by atoms with Gasteiger partial charge in [-0.25, -0.2) is 4.68 Å². The normalized spacial score (nSPS) is 10.6. The molecule has 5 nitrogen and oxygen atoms in total. The predicted molar refractivity (Wildman–Crippen MR) is 92.7 cm³/mol. The van der Waals surface area contributed by atoms with Crippen molar-refractivity contribution in [3.8, 4) is 17.1 Å². The molecule has 1 N–H and O–H groups in total. The molecule has 0 unspecified atom stereocenters. The van der Waals surface area contributed by atoms with Crippen LogP contribution in [-0.2, 0) is 7.05 Å². The van der Waals surface area contributed by atoms with Crippen LogP contribution in [0.2, 0.25) is 10.0 Å². The molecule has 0 aliphatic carbocycles. The van der Waals surface area contributed by atoms with Gasteiger partial charge in [-0.3, -0.25) is 0 Å². The third kappa shape index (κ3) is 3.25. The van der Waals surface area contributed by atoms with E-state index in [0.29, 0.717) is 27.6 Å². The maximum Gasteiger partial charge on any atom is 0.247 e. The van der Waals surface area contributed by atoms with Crippen molar-refractivity contribution in [2.75, 3.05) is 12.4 Å². The number of rotatable bonds is 4. The number of hydrogen-bond donors (Lipinski definition) is 1. The Morgan fingerprint density at radius 3 is 2.65 bits per heavy atom. The third-order valence-corrected chi connectivity index (χ3v) is 3.84. The maximum atomic E-state index is 6.25. The molecule has 0 aliphatic heterocycles. The molecule has 0 radical (unpaired) electrons. The van der Waals surface area contributed by atoms with Crippen LogP contribution in [0.5, 0.6) is 5.75 Å². The molecule has 0 bridgehead atoms. The van der Waals surface area contributed by atoms with Gasteiger partial charge in [0.05, 0.1) is 17.8 Å². The summed E-state index contributed by atoms with van der Waals surface area (Å²) in [4.78, 5) is 4.50. The molecular formula is C16H14Cl2N4O. The number of aromatic nitrogens is 3. The predicted octanol–water partition coefficient (Wildman–Crippen LogP) is 4.54. The van der Waals surface area contributed by atoms with E-state index in [9.17, 15) is 0 Å². The van der Waals surface area contributed by atoms with E-state index >= 15 is 0 Å². The number of nitrogens with one attached hydrogen (secondary N) is 1. The SMILES string of the molecule is COc1ccccc1Nc1nc(-c2ccc(Cl)cc2Cl)n(C)n1. The molecule has 23 heavy (non-hydrogen) atoms. The smallest absolute Gasteiger partial charge is 0.247 e. The highest BCUT2D eigenvalue weighted by Gasteiger charge is 2.14. The molecule has 1 aromatic heterocycles. The van der Waals surface area contributed by atoms with Gasteiger partial charge in [0.1, 0.15) is 5.75 Å². The van der Waals surface area contributed by atoms with Crippen LogP contribution in [0.4, 0.5) is 11.6 Å². The van der Waals surface area contributed by atoms with E-state index in [4.69, 9.17) is 27.9 Å². The number of ether oxygens (including phenoxy) is 1. The Morgan fingerprint density at radius 2 is 1.91 bits per heavy atom. The average molecular weight is 349 g/mol. The second-order valence-electron chi connectivity index (χ2n) is 4.83. The number of hydrogen-bond acceptors (Lipinski definition) is 4. The first-order valence-electron chi connectivity index (χ1n) is 6.85. The lowest BCUT2D eigenvalue weighted by molar-refractivity contribution is 0.417. The van der Waals surface area contributed by atoms with Crippen LogP contribution in [0.25, 0.3) is 11.4 Å². The molecule has 3 rings (SSSR count). The van der Waals surface area contributed by atoms with Gasteiger partial charge in [0, 0.05) is 17.6 Å². The fourth-order valence-electron chi connectivity index (χ4n) is 2.21. The molecule has 0 aliphatic rings. The van der Waals surface area contributed by atoms with E-state index in [1.54, 1.807) is 31.0 Å². The van der Waals surface area contributed by atoms with Crippen molar-refractivity contribution < 1.29 is 4.74 Å². The van der Waals surface area contributed by atoms with Crippen molar-refractivity contribution in [3.63, 3.8) is 0 Å². The Kier molecular flexibility index (Phi) is 4.41. The fraction of sp³-hybridized carbons (Fsp3) is 0.125. The van der Waals surface area contributed by atoms with Crippen molar-refractivity contribution in [2.45, 2.75) is 0 Å². The standard InChI is InChI=1S/C16H14Cl2N4O/c1-22-15(11-8-7-10(17)9-12(11)18)20-16(21-22)19-13-5-3-4-6-14(13)23-2/h3-9H,1-2H3,(H,19,21). The Labute approximate surface area is 143 Å². The average Bonchev–Trinajstić information content (AvgIpc) is 2.88. The van der Waals surface area contributed by atoms with Crippen molar-refractivity contribution in [1.82, 2.24) is 14.8 Å². The van der Waals surface area contributed by atoms with Crippen LogP contribution in [0, 0.1) is 0 Å². The van der Waals surface area contributed by atoms with Crippen molar-refractivity contribution >= 4 is 34.8 Å². The van der Waals surface area contributed by atoms with Gasteiger partial charge in [0.25, 0.3) is 0 Å². The van der Waals surface area contributed by atoms with Crippen molar-refractivity contribution in [3.05, 3.63) is 52.5 Å². The molecule has 0 saturated heterocycles. The molecular weight excluding hydrogens is 335 g/mol. The summed E-state index contributed by atoms with van der Waals surface area (Å²) in [5.41, 5.74) is 1.55. The molecule has 0 saturated carbocycles. The second kappa shape index (κ2) is 6.48. The zero-order valence-corrected chi connectivity index (χ0v) is 14.1. The third-order valence-electron chi connectivity index (χ3n) is 3.29. The van der Waals surface area contributed by atoms with Crippen LogP contribution in [0.1, 0.15) is 0 Å². The molecule has 2 aromatic carbocycles. The Balaban J connectivity index is 1.95. The summed E-state index contributed by atoms with van der Waals surface area (Å²) in [6.45, 7) is 0. The first kappa shape index (κ1) is 15.6. The van der Waals surface area contributed by atoms with E-state index in [0.717, 1.165) is 11.3 Å². The lowest BCUT2D eigenvalue weighted by Gasteiger charge is -2.07. The monoisotopic (exact) mass is 348 g/mol. The topological polar surface area (TPSA) is 52.0 Å². The van der Waals surface area contributed by atoms with Gasteiger partial charge in [-0.1, -0.05) is 35.3 Å². The van der Waals surface area contributed by atoms with Gasteiger partial charge in [-0.2, -0.15) is 4.98 Å². The van der Waals surface area contributed by atoms with Gasteiger partial charge in [-0.15, -0.1) is 5.10 Å². The van der Waals surface area contributed by atoms with Crippen molar-refractivity contribution in [1.29, 1.82) is 0 Å². The number of benzene rings is 2. The minimum atomic E-state index is 0.456. The molecule has 0 spiro atoms. The van der Waals surface area contributed by atoms with E-state index in [1.165, 1.54) is 0 Å². The molecule has 118 valence electrons. The molecule has 1 heterocycles. The number of nitrogens with zero attached hydrogens (tertiary/aromatic N) is 3. The summed E-state index contributed by atoms with van der Waals surface area (Å²) in [7, 11) is 3.42. The Morgan fingerprint density at radius 1 is 1.13 bits per heavy atom. The number of anilines is 2. The Bertz CT molecular complexity index is 848. The Hall–Kier alpha value is -2.24. The largest absolute Gasteiger partial charge is 0.495 e. The van der Waals surface area contributed by atoms with Crippen LogP contribution in [0.15, 0.2) is 42.5 Å². The fourth-order valence-corrected chi connectivity index (χ4v) is 2.70. The highest BCUT2D eigenvalue weighted by Crippen LogP contribution is 2.31. The van der Waals surface area contributed by atoms with Gasteiger partial charge in [0.2, 0.25) is 5.95 Å². The van der Waals surface area contributed by atoms with E-state index < -0.39 is 0 Å². The highest BCUT2D eigenvalue weighted by atomic mass is 35.5. The summed E-state index contributed by atoms with van der Waals surface area (Å²) >= 11 is 12.2. The molecule has 3 aromatic rings. The second-order valence-corrected chi connectivity index (χ2v) is 5.68. The molecule has 7 heteroatoms. The summed E-state index contributed by atoms with van der Waals surface area (Å²) in [5.74, 6) is 1.81. The highest BCUT2D eigenvalue weighted by molar-refractivity contribution is 6.36. The van der Waals surface area contributed by atoms with Crippen LogP contribution in [0.3, 0.4) is 0 Å². The van der Waals surface area contributed by atoms with Gasteiger partial charge >= 0.3 is 0 Å². The zero-order chi connectivity index (χ0) is 16.4. The number of aryl methyl sites for hydroxylation is 1. The van der Waals surface area contributed by atoms with Gasteiger partial charge < -0.3 is 10.1 Å². The van der Waals surface area contributed by atoms with Crippen LogP contribution in [-0.4, -0.2) is 21.9 Å². The quantitative estimate of drug-likeness (QED) is 0.751. The molecule has 0 fully saturated rings. The summed E-state index contributed by atoms with van der Waals surface area (Å²) in [6, 6.07) is 12.8. The minimum Gasteiger partial charge on any atom is -0.495 e. The summed E-state index contributed by atoms with van der Waals surface area (Å²) in [6.07, 6.45) is 0. The molecule has 0 amide bonds. The van der Waals surface area contributed by atoms with E-state index in [1.807, 2.05) is 30.3 Å². The first-order chi connectivity index (χ1) is 11.1. The summed E-state index contributed by atoms with van der Waals surface area (Å²) < 4.78 is 6.97. The van der Waals surface area contributed by atoms with Gasteiger partial charge in [0.15, 0.2) is 5.82 Å². The lowest BCUT2D eigenvalue weighted by atomic mass is 10.2. The maximum absolute atomic E-state index is 6.25. The van der Waals surface area contributed by atoms with Gasteiger partial charge in [-0.05, 0) is 30.3 Å². The number of halogens is 2. The minimum absolute atomic E-state index is 0.456. The summed E-state index contributed by atoms with van der Waals surface area (Å²) in [5, 5.41) is 8.62. The number of methoxy groups -OCH3 is 1. The molecule has 0 atom stereocenters. The lowest BCUT2D eigenvalue weighted by Crippen LogP contribution is -1.97.